The van der Waals surface area contributed by atoms with Crippen molar-refractivity contribution in [1.29, 1.82) is 0 Å². The van der Waals surface area contributed by atoms with E-state index in [0.717, 1.165) is 0 Å². The summed E-state index contributed by atoms with van der Waals surface area (Å²) in [6.07, 6.45) is 6.10. The highest BCUT2D eigenvalue weighted by Gasteiger charge is 2.44. The van der Waals surface area contributed by atoms with Gasteiger partial charge in [0, 0.05) is 12.2 Å². The molecule has 8 heteroatoms. The largest absolute Gasteiger partial charge is 0.624 e. The van der Waals surface area contributed by atoms with Crippen LogP contribution in [0.1, 0.15) is 0 Å². The predicted molar refractivity (Wildman–Crippen MR) is 65.6 cm³/mol. The first kappa shape index (κ1) is 11.3. The average Bonchev–Trinajstić information content (AvgIpc) is 3.09. The van der Waals surface area contributed by atoms with Crippen molar-refractivity contribution >= 4 is 0 Å². The van der Waals surface area contributed by atoms with Gasteiger partial charge in [-0.15, -0.1) is 0 Å². The zero-order valence-electron chi connectivity index (χ0n) is 10.1. The van der Waals surface area contributed by atoms with E-state index in [1.54, 1.807) is 12.2 Å². The fourth-order valence-electron chi connectivity index (χ4n) is 2.64. The second kappa shape index (κ2) is 3.52. The van der Waals surface area contributed by atoms with Crippen molar-refractivity contribution in [3.05, 3.63) is 80.8 Å². The Morgan fingerprint density at radius 3 is 1.75 bits per heavy atom. The molecule has 0 saturated heterocycles. The standard InChI is InChI=1S/C12H10N4O4/c13-10-11(14)20-12(19-10)7-5-1-3-15(17)8(5)9-6(7)2-4-16(9)18/h1-4,15-16H,13-14H2. The van der Waals surface area contributed by atoms with Crippen molar-refractivity contribution in [2.45, 2.75) is 0 Å². The Bertz CT molecular complexity index is 668. The van der Waals surface area contributed by atoms with Crippen molar-refractivity contribution in [3.8, 4) is 0 Å². The summed E-state index contributed by atoms with van der Waals surface area (Å²) in [6, 6.07) is 0. The van der Waals surface area contributed by atoms with Gasteiger partial charge in [0.25, 0.3) is 11.8 Å². The van der Waals surface area contributed by atoms with Crippen molar-refractivity contribution in [3.63, 3.8) is 0 Å². The molecule has 6 N–H and O–H groups in total. The van der Waals surface area contributed by atoms with Gasteiger partial charge in [-0.05, 0) is 0 Å². The minimum Gasteiger partial charge on any atom is -0.624 e. The number of fused-ring (bicyclic) bond motifs is 1. The summed E-state index contributed by atoms with van der Waals surface area (Å²) < 4.78 is 10.6. The SMILES string of the molecule is NC1=C(N)OC(=C2C3=C(C4=C2C=C[NH+]4[O-])[NH+]([O-])C=C3)O1. The first-order valence-electron chi connectivity index (χ1n) is 5.87. The first-order valence-corrected chi connectivity index (χ1v) is 5.87. The number of hydrogen-bond acceptors (Lipinski definition) is 6. The molecular formula is C12H10N4O4. The number of rotatable bonds is 0. The molecule has 0 aromatic carbocycles. The quantitative estimate of drug-likeness (QED) is 0.366. The van der Waals surface area contributed by atoms with Crippen molar-refractivity contribution in [2.24, 2.45) is 11.5 Å². The molecule has 0 amide bonds. The lowest BCUT2D eigenvalue weighted by atomic mass is 10.0. The third-order valence-electron chi connectivity index (χ3n) is 3.48. The number of nitrogens with two attached hydrogens (primary N) is 2. The molecule has 102 valence electrons. The number of nitrogens with one attached hydrogen (secondary N) is 2. The highest BCUT2D eigenvalue weighted by molar-refractivity contribution is 5.69. The zero-order chi connectivity index (χ0) is 14.0. The van der Waals surface area contributed by atoms with E-state index in [1.807, 2.05) is 0 Å². The van der Waals surface area contributed by atoms with Crippen LogP contribution >= 0.6 is 0 Å². The highest BCUT2D eigenvalue weighted by atomic mass is 16.7. The van der Waals surface area contributed by atoms with Gasteiger partial charge in [0.05, 0.1) is 16.7 Å². The minimum absolute atomic E-state index is 0.0368. The molecule has 0 spiro atoms. The Kier molecular flexibility index (Phi) is 1.99. The summed E-state index contributed by atoms with van der Waals surface area (Å²) in [4.78, 5) is 0. The number of quaternary nitrogens is 2. The molecule has 0 bridgehead atoms. The second-order valence-corrected chi connectivity index (χ2v) is 4.57. The molecule has 2 unspecified atom stereocenters. The normalized spacial score (nSPS) is 30.5. The molecule has 0 fully saturated rings. The third-order valence-corrected chi connectivity index (χ3v) is 3.48. The van der Waals surface area contributed by atoms with E-state index in [2.05, 4.69) is 0 Å². The molecule has 3 aliphatic heterocycles. The number of hydrogen-bond donors (Lipinski definition) is 4. The smallest absolute Gasteiger partial charge is 0.302 e. The highest BCUT2D eigenvalue weighted by Crippen LogP contribution is 2.41. The molecule has 8 nitrogen and oxygen atoms in total. The fourth-order valence-corrected chi connectivity index (χ4v) is 2.64. The van der Waals surface area contributed by atoms with E-state index >= 15 is 0 Å². The van der Waals surface area contributed by atoms with E-state index in [1.165, 1.54) is 12.4 Å². The van der Waals surface area contributed by atoms with Gasteiger partial charge >= 0.3 is 5.95 Å². The average molecular weight is 274 g/mol. The summed E-state index contributed by atoms with van der Waals surface area (Å²) in [7, 11) is 0. The van der Waals surface area contributed by atoms with E-state index in [4.69, 9.17) is 20.9 Å². The first-order chi connectivity index (χ1) is 9.58. The molecule has 4 rings (SSSR count). The molecule has 20 heavy (non-hydrogen) atoms. The third kappa shape index (κ3) is 1.22. The van der Waals surface area contributed by atoms with Gasteiger partial charge in [-0.25, -0.2) is 0 Å². The van der Waals surface area contributed by atoms with Gasteiger partial charge in [0.2, 0.25) is 11.4 Å². The van der Waals surface area contributed by atoms with Gasteiger partial charge in [-0.3, -0.25) is 0 Å². The van der Waals surface area contributed by atoms with Crippen LogP contribution in [0.15, 0.2) is 70.4 Å². The molecule has 0 aromatic rings. The van der Waals surface area contributed by atoms with Crippen LogP contribution in [0.4, 0.5) is 0 Å². The van der Waals surface area contributed by atoms with E-state index < -0.39 is 0 Å². The van der Waals surface area contributed by atoms with Crippen LogP contribution in [0, 0.1) is 10.4 Å². The van der Waals surface area contributed by atoms with Crippen molar-refractivity contribution in [1.82, 2.24) is 0 Å². The number of hydroxylamine groups is 4. The maximum absolute atomic E-state index is 11.9. The molecule has 1 aliphatic carbocycles. The lowest BCUT2D eigenvalue weighted by molar-refractivity contribution is -0.790. The van der Waals surface area contributed by atoms with Crippen LogP contribution in [0.3, 0.4) is 0 Å². The molecule has 0 saturated carbocycles. The topological polar surface area (TPSA) is 126 Å². The summed E-state index contributed by atoms with van der Waals surface area (Å²) >= 11 is 0. The van der Waals surface area contributed by atoms with Gasteiger partial charge in [-0.1, -0.05) is 0 Å². The van der Waals surface area contributed by atoms with Gasteiger partial charge in [0.15, 0.2) is 0 Å². The van der Waals surface area contributed by atoms with Crippen LogP contribution in [0.5, 0.6) is 0 Å². The maximum Gasteiger partial charge on any atom is 0.302 e. The van der Waals surface area contributed by atoms with Crippen molar-refractivity contribution in [2.75, 3.05) is 0 Å². The summed E-state index contributed by atoms with van der Waals surface area (Å²) in [5.74, 6) is 0.0202. The summed E-state index contributed by atoms with van der Waals surface area (Å²) in [6.45, 7) is 0. The van der Waals surface area contributed by atoms with Gasteiger partial charge in [-0.2, -0.15) is 0 Å². The Morgan fingerprint density at radius 2 is 1.30 bits per heavy atom. The molecule has 2 atom stereocenters. The van der Waals surface area contributed by atoms with Gasteiger partial charge in [0.1, 0.15) is 12.4 Å². The van der Waals surface area contributed by atoms with Crippen LogP contribution in [-0.4, -0.2) is 0 Å². The molecule has 3 heterocycles. The second-order valence-electron chi connectivity index (χ2n) is 4.57. The monoisotopic (exact) mass is 274 g/mol. The summed E-state index contributed by atoms with van der Waals surface area (Å²) in [5, 5.41) is 23.4. The predicted octanol–water partition coefficient (Wildman–Crippen LogP) is -2.37. The lowest BCUT2D eigenvalue weighted by Crippen LogP contribution is -3.07. The van der Waals surface area contributed by atoms with E-state index in [9.17, 15) is 10.4 Å². The van der Waals surface area contributed by atoms with Crippen LogP contribution in [0.2, 0.25) is 0 Å². The maximum atomic E-state index is 11.9. The summed E-state index contributed by atoms with van der Waals surface area (Å²) in [5.41, 5.74) is 13.6. The Morgan fingerprint density at radius 1 is 0.850 bits per heavy atom. The van der Waals surface area contributed by atoms with Crippen LogP contribution < -0.4 is 21.6 Å². The lowest BCUT2D eigenvalue weighted by Gasteiger charge is -2.21. The Balaban J connectivity index is 1.91. The fraction of sp³-hybridized carbons (Fsp3) is 0. The Labute approximate surface area is 113 Å². The van der Waals surface area contributed by atoms with Crippen LogP contribution in [0.25, 0.3) is 0 Å². The molecule has 0 radical (unpaired) electrons. The molecule has 0 aromatic heterocycles. The van der Waals surface area contributed by atoms with Crippen molar-refractivity contribution < 1.29 is 19.6 Å². The molecule has 4 aliphatic rings. The van der Waals surface area contributed by atoms with E-state index in [0.29, 0.717) is 28.1 Å². The molecular weight excluding hydrogens is 264 g/mol. The number of allylic oxidation sites excluding steroid dienone is 5. The zero-order valence-corrected chi connectivity index (χ0v) is 10.1. The minimum atomic E-state index is -0.202. The van der Waals surface area contributed by atoms with Crippen LogP contribution in [-0.2, 0) is 9.47 Å². The Hall–Kier alpha value is -2.52. The number of ether oxygens (including phenoxy) is 2. The van der Waals surface area contributed by atoms with Gasteiger partial charge < -0.3 is 41.5 Å². The van der Waals surface area contributed by atoms with E-state index in [-0.39, 0.29) is 27.8 Å².